The number of nitrogens with one attached hydrogen (secondary N) is 1. The molecule has 0 atom stereocenters. The van der Waals surface area contributed by atoms with Crippen molar-refractivity contribution >= 4 is 56.3 Å². The average Bonchev–Trinajstić information content (AvgIpc) is 3.20. The summed E-state index contributed by atoms with van der Waals surface area (Å²) in [6.45, 7) is 1.99. The number of rotatable bonds is 3. The fourth-order valence-electron chi connectivity index (χ4n) is 3.46. The van der Waals surface area contributed by atoms with Crippen LogP contribution in [0.3, 0.4) is 0 Å². The number of aromatic nitrogens is 3. The Labute approximate surface area is 165 Å². The molecule has 0 aliphatic heterocycles. The summed E-state index contributed by atoms with van der Waals surface area (Å²) >= 11 is 13.7. The van der Waals surface area contributed by atoms with Crippen molar-refractivity contribution in [2.45, 2.75) is 45.1 Å². The van der Waals surface area contributed by atoms with Crippen LogP contribution < -0.4 is 5.32 Å². The van der Waals surface area contributed by atoms with Gasteiger partial charge in [0.2, 0.25) is 0 Å². The summed E-state index contributed by atoms with van der Waals surface area (Å²) < 4.78 is 2.12. The maximum absolute atomic E-state index is 12.7. The molecule has 1 saturated carbocycles. The molecule has 3 heterocycles. The van der Waals surface area contributed by atoms with Crippen molar-refractivity contribution in [1.82, 2.24) is 14.8 Å². The third-order valence-corrected chi connectivity index (χ3v) is 6.50. The second kappa shape index (κ2) is 7.18. The van der Waals surface area contributed by atoms with E-state index in [1.54, 1.807) is 0 Å². The summed E-state index contributed by atoms with van der Waals surface area (Å²) in [4.78, 5) is 18.3. The van der Waals surface area contributed by atoms with E-state index in [4.69, 9.17) is 28.3 Å². The van der Waals surface area contributed by atoms with Crippen molar-refractivity contribution in [2.24, 2.45) is 0 Å². The first-order valence-corrected chi connectivity index (χ1v) is 10.2. The summed E-state index contributed by atoms with van der Waals surface area (Å²) in [5.74, 6) is -0.226. The summed E-state index contributed by atoms with van der Waals surface area (Å²) in [7, 11) is 0. The van der Waals surface area contributed by atoms with Crippen LogP contribution in [-0.2, 0) is 0 Å². The highest BCUT2D eigenvalue weighted by Gasteiger charge is 2.23. The van der Waals surface area contributed by atoms with Crippen molar-refractivity contribution < 1.29 is 4.79 Å². The van der Waals surface area contributed by atoms with Crippen molar-refractivity contribution in [1.29, 1.82) is 0 Å². The van der Waals surface area contributed by atoms with Crippen LogP contribution in [-0.4, -0.2) is 20.7 Å². The fraction of sp³-hybridized carbons (Fsp3) is 0.389. The minimum Gasteiger partial charge on any atom is -0.319 e. The number of carbonyl (C=O) groups is 1. The number of hydrogen-bond donors (Lipinski definition) is 1. The Bertz CT molecular complexity index is 955. The SMILES string of the molecule is Cc1nn(C2CCCCC2)c2sc(C(=O)Nc3c(Cl)cncc3Cl)cc12. The molecule has 0 bridgehead atoms. The van der Waals surface area contributed by atoms with Gasteiger partial charge in [-0.1, -0.05) is 42.5 Å². The predicted molar refractivity (Wildman–Crippen MR) is 107 cm³/mol. The molecule has 0 spiro atoms. The Morgan fingerprint density at radius 2 is 1.92 bits per heavy atom. The number of nitrogens with zero attached hydrogens (tertiary/aromatic N) is 3. The highest BCUT2D eigenvalue weighted by molar-refractivity contribution is 7.20. The van der Waals surface area contributed by atoms with E-state index in [9.17, 15) is 4.79 Å². The summed E-state index contributed by atoms with van der Waals surface area (Å²) in [5, 5.41) is 9.20. The Morgan fingerprint density at radius 1 is 1.23 bits per heavy atom. The van der Waals surface area contributed by atoms with Gasteiger partial charge in [-0.2, -0.15) is 5.10 Å². The summed E-state index contributed by atoms with van der Waals surface area (Å²) in [6, 6.07) is 2.33. The second-order valence-corrected chi connectivity index (χ2v) is 8.43. The zero-order valence-corrected chi connectivity index (χ0v) is 16.6. The molecule has 0 aromatic carbocycles. The minimum absolute atomic E-state index is 0.226. The molecule has 136 valence electrons. The summed E-state index contributed by atoms with van der Waals surface area (Å²) in [6.07, 6.45) is 8.99. The van der Waals surface area contributed by atoms with Crippen LogP contribution in [0.5, 0.6) is 0 Å². The van der Waals surface area contributed by atoms with E-state index in [0.29, 0.717) is 26.7 Å². The van der Waals surface area contributed by atoms with Crippen LogP contribution in [0.4, 0.5) is 5.69 Å². The molecule has 1 aliphatic carbocycles. The molecule has 26 heavy (non-hydrogen) atoms. The van der Waals surface area contributed by atoms with Crippen LogP contribution in [0, 0.1) is 6.92 Å². The molecule has 0 radical (unpaired) electrons. The number of amides is 1. The van der Waals surface area contributed by atoms with Gasteiger partial charge in [0, 0.05) is 17.8 Å². The summed E-state index contributed by atoms with van der Waals surface area (Å²) in [5.41, 5.74) is 1.34. The van der Waals surface area contributed by atoms with Gasteiger partial charge in [-0.15, -0.1) is 11.3 Å². The first kappa shape index (κ1) is 17.8. The quantitative estimate of drug-likeness (QED) is 0.589. The molecule has 1 fully saturated rings. The monoisotopic (exact) mass is 408 g/mol. The molecule has 3 aromatic heterocycles. The van der Waals surface area contributed by atoms with Crippen LogP contribution in [0.25, 0.3) is 10.2 Å². The second-order valence-electron chi connectivity index (χ2n) is 6.58. The molecule has 3 aromatic rings. The number of carbonyl (C=O) groups excluding carboxylic acids is 1. The van der Waals surface area contributed by atoms with E-state index in [1.807, 2.05) is 13.0 Å². The largest absolute Gasteiger partial charge is 0.319 e. The van der Waals surface area contributed by atoms with Gasteiger partial charge in [-0.3, -0.25) is 14.5 Å². The van der Waals surface area contributed by atoms with Crippen LogP contribution in [0.1, 0.15) is 53.5 Å². The van der Waals surface area contributed by atoms with Gasteiger partial charge in [0.1, 0.15) is 4.83 Å². The molecule has 0 unspecified atom stereocenters. The zero-order valence-electron chi connectivity index (χ0n) is 14.3. The number of hydrogen-bond acceptors (Lipinski definition) is 4. The molecule has 4 rings (SSSR count). The Balaban J connectivity index is 1.66. The van der Waals surface area contributed by atoms with Gasteiger partial charge in [-0.05, 0) is 25.8 Å². The van der Waals surface area contributed by atoms with Gasteiger partial charge < -0.3 is 5.32 Å². The van der Waals surface area contributed by atoms with Crippen molar-refractivity contribution in [3.05, 3.63) is 39.1 Å². The van der Waals surface area contributed by atoms with Gasteiger partial charge in [0.25, 0.3) is 5.91 Å². The van der Waals surface area contributed by atoms with E-state index in [2.05, 4.69) is 15.0 Å². The molecule has 5 nitrogen and oxygen atoms in total. The standard InChI is InChI=1S/C18H18Cl2N4OS/c1-10-12-7-15(17(25)22-16-13(19)8-21-9-14(16)20)26-18(12)24(23-10)11-5-3-2-4-6-11/h7-9,11H,2-6H2,1H3,(H,21,22,25). The lowest BCUT2D eigenvalue weighted by atomic mass is 9.96. The smallest absolute Gasteiger partial charge is 0.265 e. The van der Waals surface area contributed by atoms with Gasteiger partial charge >= 0.3 is 0 Å². The lowest BCUT2D eigenvalue weighted by Gasteiger charge is -2.22. The van der Waals surface area contributed by atoms with E-state index in [1.165, 1.54) is 43.0 Å². The highest BCUT2D eigenvalue weighted by atomic mass is 35.5. The van der Waals surface area contributed by atoms with Gasteiger partial charge in [-0.25, -0.2) is 0 Å². The van der Waals surface area contributed by atoms with Crippen LogP contribution >= 0.6 is 34.5 Å². The lowest BCUT2D eigenvalue weighted by molar-refractivity contribution is 0.103. The first-order valence-electron chi connectivity index (χ1n) is 8.63. The number of thiophene rings is 1. The Kier molecular flexibility index (Phi) is 4.90. The normalized spacial score (nSPS) is 15.5. The van der Waals surface area contributed by atoms with Crippen molar-refractivity contribution in [3.63, 3.8) is 0 Å². The highest BCUT2D eigenvalue weighted by Crippen LogP contribution is 2.36. The molecule has 8 heteroatoms. The Morgan fingerprint density at radius 3 is 2.62 bits per heavy atom. The average molecular weight is 409 g/mol. The van der Waals surface area contributed by atoms with E-state index in [0.717, 1.165) is 28.8 Å². The number of fused-ring (bicyclic) bond motifs is 1. The minimum atomic E-state index is -0.226. The van der Waals surface area contributed by atoms with Crippen LogP contribution in [0.2, 0.25) is 10.0 Å². The molecule has 0 saturated heterocycles. The zero-order chi connectivity index (χ0) is 18.3. The molecular weight excluding hydrogens is 391 g/mol. The van der Waals surface area contributed by atoms with Gasteiger partial charge in [0.05, 0.1) is 32.3 Å². The third-order valence-electron chi connectivity index (χ3n) is 4.80. The van der Waals surface area contributed by atoms with Crippen LogP contribution in [0.15, 0.2) is 18.5 Å². The predicted octanol–water partition coefficient (Wildman–Crippen LogP) is 5.87. The fourth-order valence-corrected chi connectivity index (χ4v) is 5.05. The Hall–Kier alpha value is -1.63. The topological polar surface area (TPSA) is 59.8 Å². The first-order chi connectivity index (χ1) is 12.5. The molecule has 1 amide bonds. The molecule has 1 N–H and O–H groups in total. The van der Waals surface area contributed by atoms with Gasteiger partial charge in [0.15, 0.2) is 0 Å². The number of halogens is 2. The number of pyridine rings is 1. The molecule has 1 aliphatic rings. The molecular formula is C18H18Cl2N4OS. The maximum atomic E-state index is 12.7. The number of anilines is 1. The maximum Gasteiger partial charge on any atom is 0.265 e. The van der Waals surface area contributed by atoms with E-state index in [-0.39, 0.29) is 5.91 Å². The van der Waals surface area contributed by atoms with Crippen molar-refractivity contribution in [3.8, 4) is 0 Å². The third kappa shape index (κ3) is 3.21. The van der Waals surface area contributed by atoms with E-state index < -0.39 is 0 Å². The number of aryl methyl sites for hydroxylation is 1. The van der Waals surface area contributed by atoms with Crippen molar-refractivity contribution in [2.75, 3.05) is 5.32 Å². The lowest BCUT2D eigenvalue weighted by Crippen LogP contribution is -2.14. The van der Waals surface area contributed by atoms with E-state index >= 15 is 0 Å².